The van der Waals surface area contributed by atoms with Gasteiger partial charge < -0.3 is 4.74 Å². The molecule has 5 nitrogen and oxygen atoms in total. The second-order valence-corrected chi connectivity index (χ2v) is 4.15. The van der Waals surface area contributed by atoms with Crippen molar-refractivity contribution >= 4 is 39.6 Å². The van der Waals surface area contributed by atoms with Crippen LogP contribution in [0.1, 0.15) is 6.92 Å². The van der Waals surface area contributed by atoms with E-state index in [1.165, 1.54) is 0 Å². The van der Waals surface area contributed by atoms with Crippen molar-refractivity contribution in [3.8, 4) is 0 Å². The number of nitrogens with zero attached hydrogens (tertiary/aromatic N) is 3. The van der Waals surface area contributed by atoms with Crippen LogP contribution in [0.4, 0.5) is 0 Å². The van der Waals surface area contributed by atoms with Gasteiger partial charge in [-0.25, -0.2) is 0 Å². The minimum absolute atomic E-state index is 0.124. The van der Waals surface area contributed by atoms with E-state index in [0.717, 1.165) is 14.7 Å². The molecule has 16 heavy (non-hydrogen) atoms. The minimum Gasteiger partial charge on any atom is -0.465 e. The average Bonchev–Trinajstić information content (AvgIpc) is 2.57. The molecule has 84 valence electrons. The number of fused-ring (bicyclic) bond motifs is 1. The predicted octanol–water partition coefficient (Wildman–Crippen LogP) is 1.60. The summed E-state index contributed by atoms with van der Waals surface area (Å²) in [7, 11) is 0. The third-order valence-corrected chi connectivity index (χ3v) is 2.78. The van der Waals surface area contributed by atoms with Crippen molar-refractivity contribution in [2.45, 2.75) is 13.5 Å². The van der Waals surface area contributed by atoms with Crippen LogP contribution in [0.25, 0.3) is 11.0 Å². The van der Waals surface area contributed by atoms with E-state index in [1.54, 1.807) is 17.8 Å². The zero-order valence-electron chi connectivity index (χ0n) is 8.68. The second-order valence-electron chi connectivity index (χ2n) is 3.12. The molecule has 0 radical (unpaired) electrons. The van der Waals surface area contributed by atoms with Crippen LogP contribution < -0.4 is 0 Å². The molecule has 0 N–H and O–H groups in total. The van der Waals surface area contributed by atoms with Gasteiger partial charge in [0, 0.05) is 6.20 Å². The molecule has 0 aromatic carbocycles. The van der Waals surface area contributed by atoms with Crippen molar-refractivity contribution in [3.63, 3.8) is 0 Å². The number of esters is 1. The summed E-state index contributed by atoms with van der Waals surface area (Å²) in [5, 5.41) is 4.25. The number of halogens is 1. The maximum absolute atomic E-state index is 11.4. The number of aromatic nitrogens is 3. The zero-order valence-corrected chi connectivity index (χ0v) is 10.8. The van der Waals surface area contributed by atoms with Crippen LogP contribution in [0.15, 0.2) is 18.3 Å². The normalized spacial score (nSPS) is 10.6. The lowest BCUT2D eigenvalue weighted by Gasteiger charge is -2.02. The number of carbonyl (C=O) groups is 1. The fourth-order valence-corrected chi connectivity index (χ4v) is 2.10. The number of carbonyl (C=O) groups excluding carboxylic acids is 1. The summed E-state index contributed by atoms with van der Waals surface area (Å²) in [5.74, 6) is -0.285. The highest BCUT2D eigenvalue weighted by Gasteiger charge is 2.11. The molecule has 0 saturated heterocycles. The summed E-state index contributed by atoms with van der Waals surface area (Å²) in [6, 6.07) is 3.71. The molecule has 2 heterocycles. The average molecular weight is 331 g/mol. The number of pyridine rings is 1. The maximum atomic E-state index is 11.4. The van der Waals surface area contributed by atoms with Gasteiger partial charge in [0.25, 0.3) is 0 Å². The van der Waals surface area contributed by atoms with Crippen LogP contribution in [0.3, 0.4) is 0 Å². The van der Waals surface area contributed by atoms with Gasteiger partial charge in [-0.1, -0.05) is 0 Å². The highest BCUT2D eigenvalue weighted by atomic mass is 127. The highest BCUT2D eigenvalue weighted by molar-refractivity contribution is 14.1. The summed E-state index contributed by atoms with van der Waals surface area (Å²) < 4.78 is 7.28. The molecule has 0 spiro atoms. The van der Waals surface area contributed by atoms with Gasteiger partial charge >= 0.3 is 5.97 Å². The van der Waals surface area contributed by atoms with Gasteiger partial charge in [0.05, 0.1) is 12.1 Å². The molecule has 0 fully saturated rings. The van der Waals surface area contributed by atoms with Crippen molar-refractivity contribution in [3.05, 3.63) is 22.0 Å². The lowest BCUT2D eigenvalue weighted by Crippen LogP contribution is -2.14. The number of ether oxygens (including phenoxy) is 1. The molecule has 0 saturated carbocycles. The van der Waals surface area contributed by atoms with Gasteiger partial charge in [0.2, 0.25) is 0 Å². The second kappa shape index (κ2) is 4.77. The van der Waals surface area contributed by atoms with Crippen LogP contribution in [0.2, 0.25) is 0 Å². The summed E-state index contributed by atoms with van der Waals surface area (Å²) >= 11 is 2.10. The van der Waals surface area contributed by atoms with Crippen LogP contribution in [-0.4, -0.2) is 27.3 Å². The molecular weight excluding hydrogens is 321 g/mol. The highest BCUT2D eigenvalue weighted by Crippen LogP contribution is 2.17. The minimum atomic E-state index is -0.285. The smallest absolute Gasteiger partial charge is 0.327 e. The first-order valence-corrected chi connectivity index (χ1v) is 5.93. The standard InChI is InChI=1S/C10H10IN3O2/c1-2-16-8(15)6-14-7-4-3-5-12-9(7)10(11)13-14/h3-5H,2,6H2,1H3. The molecular formula is C10H10IN3O2. The Morgan fingerprint density at radius 1 is 1.62 bits per heavy atom. The Balaban J connectivity index is 2.34. The number of rotatable bonds is 3. The predicted molar refractivity (Wildman–Crippen MR) is 66.9 cm³/mol. The van der Waals surface area contributed by atoms with E-state index in [-0.39, 0.29) is 12.5 Å². The fraction of sp³-hybridized carbons (Fsp3) is 0.300. The first-order valence-electron chi connectivity index (χ1n) is 4.85. The monoisotopic (exact) mass is 331 g/mol. The molecule has 0 aliphatic heterocycles. The van der Waals surface area contributed by atoms with Gasteiger partial charge in [-0.05, 0) is 41.6 Å². The van der Waals surface area contributed by atoms with Crippen molar-refractivity contribution in [1.82, 2.24) is 14.8 Å². The molecule has 0 atom stereocenters. The van der Waals surface area contributed by atoms with Crippen molar-refractivity contribution in [2.75, 3.05) is 6.61 Å². The van der Waals surface area contributed by atoms with Crippen molar-refractivity contribution in [1.29, 1.82) is 0 Å². The maximum Gasteiger partial charge on any atom is 0.327 e. The SMILES string of the molecule is CCOC(=O)Cn1nc(I)c2ncccc21. The summed E-state index contributed by atoms with van der Waals surface area (Å²) in [6.07, 6.45) is 1.71. The molecule has 0 bridgehead atoms. The van der Waals surface area contributed by atoms with Gasteiger partial charge in [0.1, 0.15) is 15.8 Å². The van der Waals surface area contributed by atoms with E-state index >= 15 is 0 Å². The molecule has 2 aromatic rings. The quantitative estimate of drug-likeness (QED) is 0.633. The van der Waals surface area contributed by atoms with Gasteiger partial charge in [-0.15, -0.1) is 0 Å². The Hall–Kier alpha value is -1.18. The van der Waals surface area contributed by atoms with Crippen molar-refractivity contribution < 1.29 is 9.53 Å². The first kappa shape index (κ1) is 11.3. The van der Waals surface area contributed by atoms with Gasteiger partial charge in [-0.3, -0.25) is 14.5 Å². The number of hydrogen-bond acceptors (Lipinski definition) is 4. The Kier molecular flexibility index (Phi) is 3.37. The molecule has 2 rings (SSSR count). The Morgan fingerprint density at radius 3 is 3.19 bits per heavy atom. The summed E-state index contributed by atoms with van der Waals surface area (Å²) in [5.41, 5.74) is 1.66. The molecule has 0 unspecified atom stereocenters. The summed E-state index contributed by atoms with van der Waals surface area (Å²) in [4.78, 5) is 15.6. The van der Waals surface area contributed by atoms with E-state index in [0.29, 0.717) is 6.61 Å². The van der Waals surface area contributed by atoms with Crippen LogP contribution in [0, 0.1) is 3.70 Å². The fourth-order valence-electron chi connectivity index (χ4n) is 1.42. The lowest BCUT2D eigenvalue weighted by molar-refractivity contribution is -0.143. The molecule has 0 aliphatic rings. The largest absolute Gasteiger partial charge is 0.465 e. The van der Waals surface area contributed by atoms with Gasteiger partial charge in [-0.2, -0.15) is 5.10 Å². The zero-order chi connectivity index (χ0) is 11.5. The third-order valence-electron chi connectivity index (χ3n) is 2.05. The van der Waals surface area contributed by atoms with E-state index in [2.05, 4.69) is 32.7 Å². The Bertz CT molecular complexity index is 524. The number of hydrogen-bond donors (Lipinski definition) is 0. The van der Waals surface area contributed by atoms with Crippen LogP contribution >= 0.6 is 22.6 Å². The van der Waals surface area contributed by atoms with E-state index in [9.17, 15) is 4.79 Å². The van der Waals surface area contributed by atoms with E-state index < -0.39 is 0 Å². The molecule has 0 aliphatic carbocycles. The third kappa shape index (κ3) is 2.16. The molecule has 6 heteroatoms. The Labute approximate surface area is 106 Å². The lowest BCUT2D eigenvalue weighted by atomic mass is 10.4. The topological polar surface area (TPSA) is 57.0 Å². The van der Waals surface area contributed by atoms with Crippen LogP contribution in [-0.2, 0) is 16.1 Å². The summed E-state index contributed by atoms with van der Waals surface area (Å²) in [6.45, 7) is 2.29. The Morgan fingerprint density at radius 2 is 2.44 bits per heavy atom. The van der Waals surface area contributed by atoms with E-state index in [1.807, 2.05) is 12.1 Å². The van der Waals surface area contributed by atoms with E-state index in [4.69, 9.17) is 4.74 Å². The molecule has 0 amide bonds. The van der Waals surface area contributed by atoms with Crippen LogP contribution in [0.5, 0.6) is 0 Å². The van der Waals surface area contributed by atoms with Gasteiger partial charge in [0.15, 0.2) is 0 Å². The first-order chi connectivity index (χ1) is 7.72. The molecule has 2 aromatic heterocycles. The van der Waals surface area contributed by atoms with Crippen molar-refractivity contribution in [2.24, 2.45) is 0 Å².